The zero-order valence-corrected chi connectivity index (χ0v) is 22.2. The Kier molecular flexibility index (Phi) is 7.65. The molecule has 8 nitrogen and oxygen atoms in total. The Morgan fingerprint density at radius 2 is 1.85 bits per heavy atom. The summed E-state index contributed by atoms with van der Waals surface area (Å²) in [6, 6.07) is 6.50. The zero-order chi connectivity index (χ0) is 23.2. The Labute approximate surface area is 221 Å². The van der Waals surface area contributed by atoms with Gasteiger partial charge in [-0.1, -0.05) is 17.7 Å². The van der Waals surface area contributed by atoms with Gasteiger partial charge in [0.05, 0.1) is 12.0 Å². The number of benzene rings is 1. The van der Waals surface area contributed by atoms with Crippen molar-refractivity contribution in [1.82, 2.24) is 10.2 Å². The fraction of sp³-hybridized carbons (Fsp3) is 0.364. The molecule has 4 atom stereocenters. The van der Waals surface area contributed by atoms with E-state index in [1.165, 1.54) is 28.0 Å². The monoisotopic (exact) mass is 496 g/mol. The number of β-lactam (4-membered cyclic amide) rings is 1. The number of rotatable bonds is 6. The minimum Gasteiger partial charge on any atom is -0.548 e. The van der Waals surface area contributed by atoms with Crippen LogP contribution in [-0.2, 0) is 19.2 Å². The molecule has 1 aromatic carbocycles. The molecule has 0 radical (unpaired) electrons. The fourth-order valence-electron chi connectivity index (χ4n) is 3.98. The van der Waals surface area contributed by atoms with Gasteiger partial charge in [-0.25, -0.2) is 0 Å². The first-order valence-electron chi connectivity index (χ1n) is 9.92. The third-order valence-electron chi connectivity index (χ3n) is 5.58. The average molecular weight is 497 g/mol. The molecule has 11 heteroatoms. The topological polar surface area (TPSA) is 116 Å². The Bertz CT molecular complexity index is 1070. The smallest absolute Gasteiger partial charge is 0.548 e. The summed E-state index contributed by atoms with van der Waals surface area (Å²) >= 11 is 2.61. The molecule has 33 heavy (non-hydrogen) atoms. The largest absolute Gasteiger partial charge is 1.00 e. The number of aryl methyl sites for hydroxylation is 1. The second-order valence-electron chi connectivity index (χ2n) is 8.29. The van der Waals surface area contributed by atoms with E-state index in [9.17, 15) is 24.3 Å². The van der Waals surface area contributed by atoms with Gasteiger partial charge in [0.25, 0.3) is 0 Å². The standard InChI is InChI=1S/C22H22N2O6S2.Na/c1-11-4-6-13(7-5-11)30-21(29)14(12-8-9-31-10-12)17(25)23-15-18(26)24-16(20(27)28)22(2,3)32-19(15)24;/h4-10,14-16,19H,1-3H3,(H,23,25)(H,27,28);/q;+1/p-1/t14-,15-,16+,19-;/m1./s1. The van der Waals surface area contributed by atoms with Crippen LogP contribution in [0.1, 0.15) is 30.9 Å². The Balaban J connectivity index is 0.00000306. The van der Waals surface area contributed by atoms with Crippen LogP contribution in [0.3, 0.4) is 0 Å². The van der Waals surface area contributed by atoms with Crippen LogP contribution in [0.5, 0.6) is 5.75 Å². The maximum Gasteiger partial charge on any atom is 1.00 e. The Morgan fingerprint density at radius 3 is 2.42 bits per heavy atom. The van der Waals surface area contributed by atoms with E-state index in [0.717, 1.165) is 5.56 Å². The molecule has 1 N–H and O–H groups in total. The first-order valence-corrected chi connectivity index (χ1v) is 11.7. The molecule has 0 spiro atoms. The molecular formula is C22H21N2NaO6S2. The third kappa shape index (κ3) is 4.85. The van der Waals surface area contributed by atoms with Gasteiger partial charge in [0, 0.05) is 4.75 Å². The number of carboxylic acids is 1. The molecule has 2 fully saturated rings. The average Bonchev–Trinajstić information content (AvgIpc) is 3.32. The summed E-state index contributed by atoms with van der Waals surface area (Å²) in [5.74, 6) is -4.23. The van der Waals surface area contributed by atoms with Crippen molar-refractivity contribution in [2.45, 2.75) is 48.9 Å². The van der Waals surface area contributed by atoms with Crippen molar-refractivity contribution in [1.29, 1.82) is 0 Å². The first-order chi connectivity index (χ1) is 15.1. The number of hydrogen-bond acceptors (Lipinski definition) is 8. The number of thiophene rings is 1. The number of aliphatic carboxylic acids is 1. The summed E-state index contributed by atoms with van der Waals surface area (Å²) in [5.41, 5.74) is 1.46. The number of carboxylic acid groups (broad SMARTS) is 1. The molecule has 4 rings (SSSR count). The fourth-order valence-corrected chi connectivity index (χ4v) is 6.29. The van der Waals surface area contributed by atoms with Gasteiger partial charge in [-0.3, -0.25) is 14.4 Å². The van der Waals surface area contributed by atoms with Crippen LogP contribution in [0.25, 0.3) is 0 Å². The summed E-state index contributed by atoms with van der Waals surface area (Å²) < 4.78 is 4.66. The molecule has 3 heterocycles. The molecule has 1 aromatic heterocycles. The molecule has 0 unspecified atom stereocenters. The summed E-state index contributed by atoms with van der Waals surface area (Å²) in [6.45, 7) is 5.34. The van der Waals surface area contributed by atoms with Crippen molar-refractivity contribution in [3.63, 3.8) is 0 Å². The molecule has 2 aromatic rings. The second-order valence-corrected chi connectivity index (χ2v) is 10.8. The quantitative estimate of drug-likeness (QED) is 0.162. The van der Waals surface area contributed by atoms with Crippen molar-refractivity contribution in [2.24, 2.45) is 0 Å². The molecule has 0 saturated carbocycles. The molecule has 168 valence electrons. The van der Waals surface area contributed by atoms with E-state index < -0.39 is 51.9 Å². The van der Waals surface area contributed by atoms with E-state index in [4.69, 9.17) is 4.74 Å². The van der Waals surface area contributed by atoms with Gasteiger partial charge < -0.3 is 24.9 Å². The summed E-state index contributed by atoms with van der Waals surface area (Å²) in [5, 5.41) is 17.1. The molecule has 0 aliphatic carbocycles. The van der Waals surface area contributed by atoms with Gasteiger partial charge in [0.2, 0.25) is 11.8 Å². The van der Waals surface area contributed by atoms with Crippen LogP contribution >= 0.6 is 23.1 Å². The number of nitrogens with one attached hydrogen (secondary N) is 1. The summed E-state index contributed by atoms with van der Waals surface area (Å²) in [6.07, 6.45) is 0. The number of thioether (sulfide) groups is 1. The number of fused-ring (bicyclic) bond motifs is 1. The minimum absolute atomic E-state index is 0. The van der Waals surface area contributed by atoms with Crippen molar-refractivity contribution >= 4 is 46.9 Å². The summed E-state index contributed by atoms with van der Waals surface area (Å²) in [7, 11) is 0. The van der Waals surface area contributed by atoms with Crippen LogP contribution in [0.4, 0.5) is 0 Å². The van der Waals surface area contributed by atoms with E-state index >= 15 is 0 Å². The number of nitrogens with zero attached hydrogens (tertiary/aromatic N) is 1. The van der Waals surface area contributed by atoms with Crippen LogP contribution in [0.2, 0.25) is 0 Å². The number of carbonyl (C=O) groups is 4. The number of carbonyl (C=O) groups excluding carboxylic acids is 4. The van der Waals surface area contributed by atoms with Gasteiger partial charge in [-0.2, -0.15) is 11.3 Å². The van der Waals surface area contributed by atoms with Gasteiger partial charge >= 0.3 is 35.5 Å². The summed E-state index contributed by atoms with van der Waals surface area (Å²) in [4.78, 5) is 51.5. The van der Waals surface area contributed by atoms with E-state index in [2.05, 4.69) is 5.32 Å². The van der Waals surface area contributed by atoms with Gasteiger partial charge in [0.1, 0.15) is 17.2 Å². The van der Waals surface area contributed by atoms with Gasteiger partial charge in [0.15, 0.2) is 5.92 Å². The Hall–Kier alpha value is -1.85. The zero-order valence-electron chi connectivity index (χ0n) is 18.6. The van der Waals surface area contributed by atoms with E-state index in [0.29, 0.717) is 11.3 Å². The second kappa shape index (κ2) is 9.79. The molecule has 2 aliphatic rings. The minimum atomic E-state index is -1.33. The van der Waals surface area contributed by atoms with Crippen molar-refractivity contribution in [2.75, 3.05) is 0 Å². The SMILES string of the molecule is Cc1ccc(OC(=O)[C@@H](C(=O)N[C@@H]2C(=O)N3[C@@H]2SC(C)(C)[C@@H]3C(=O)[O-])c2ccsc2)cc1.[Na+]. The van der Waals surface area contributed by atoms with Crippen LogP contribution in [0, 0.1) is 6.92 Å². The van der Waals surface area contributed by atoms with Crippen LogP contribution in [-0.4, -0.2) is 50.9 Å². The van der Waals surface area contributed by atoms with Crippen LogP contribution in [0.15, 0.2) is 41.1 Å². The maximum atomic E-state index is 13.1. The predicted octanol–water partition coefficient (Wildman–Crippen LogP) is -1.95. The first kappa shape index (κ1) is 25.8. The molecule has 2 saturated heterocycles. The van der Waals surface area contributed by atoms with E-state index in [-0.39, 0.29) is 29.6 Å². The number of hydrogen-bond donors (Lipinski definition) is 1. The van der Waals surface area contributed by atoms with Crippen molar-refractivity contribution in [3.05, 3.63) is 52.2 Å². The normalized spacial score (nSPS) is 23.5. The van der Waals surface area contributed by atoms with Gasteiger partial charge in [-0.15, -0.1) is 11.8 Å². The Morgan fingerprint density at radius 1 is 1.18 bits per heavy atom. The maximum absolute atomic E-state index is 13.1. The number of esters is 1. The van der Waals surface area contributed by atoms with E-state index in [1.807, 2.05) is 6.92 Å². The van der Waals surface area contributed by atoms with Crippen LogP contribution < -0.4 is 44.7 Å². The predicted molar refractivity (Wildman–Crippen MR) is 117 cm³/mol. The molecule has 0 bridgehead atoms. The van der Waals surface area contributed by atoms with E-state index in [1.54, 1.807) is 54.9 Å². The molecular weight excluding hydrogens is 475 g/mol. The molecule has 2 aliphatic heterocycles. The third-order valence-corrected chi connectivity index (χ3v) is 7.85. The number of amides is 2. The molecule has 2 amide bonds. The van der Waals surface area contributed by atoms with Crippen molar-refractivity contribution < 1.29 is 58.6 Å². The van der Waals surface area contributed by atoms with Gasteiger partial charge in [-0.05, 0) is 55.3 Å². The number of ether oxygens (including phenoxy) is 1. The van der Waals surface area contributed by atoms with Crippen molar-refractivity contribution in [3.8, 4) is 5.75 Å².